The summed E-state index contributed by atoms with van der Waals surface area (Å²) in [6.45, 7) is 4.02. The van der Waals surface area contributed by atoms with E-state index >= 15 is 0 Å². The third-order valence-corrected chi connectivity index (χ3v) is 4.44. The standard InChI is InChI=1S/C20H23NO2/c1-14-6-5-7-15(2)20(14)21-19(22)13-23-18-11-10-16-8-3-4-9-17(16)12-18/h5-7,10-12H,3-4,8-9,13H2,1-2H3,(H,21,22). The van der Waals surface area contributed by atoms with Crippen LogP contribution in [0.5, 0.6) is 5.75 Å². The molecule has 2 aromatic rings. The number of benzene rings is 2. The van der Waals surface area contributed by atoms with Crippen molar-refractivity contribution in [3.05, 3.63) is 58.7 Å². The number of amides is 1. The highest BCUT2D eigenvalue weighted by Crippen LogP contribution is 2.25. The highest BCUT2D eigenvalue weighted by atomic mass is 16.5. The second kappa shape index (κ2) is 6.86. The van der Waals surface area contributed by atoms with Gasteiger partial charge >= 0.3 is 0 Å². The van der Waals surface area contributed by atoms with Gasteiger partial charge < -0.3 is 10.1 Å². The van der Waals surface area contributed by atoms with Crippen LogP contribution < -0.4 is 10.1 Å². The predicted molar refractivity (Wildman–Crippen MR) is 93.1 cm³/mol. The molecule has 0 fully saturated rings. The van der Waals surface area contributed by atoms with Crippen molar-refractivity contribution in [2.24, 2.45) is 0 Å². The van der Waals surface area contributed by atoms with Crippen molar-refractivity contribution in [3.8, 4) is 5.75 Å². The summed E-state index contributed by atoms with van der Waals surface area (Å²) in [4.78, 5) is 12.1. The van der Waals surface area contributed by atoms with Crippen LogP contribution in [0.4, 0.5) is 5.69 Å². The van der Waals surface area contributed by atoms with Crippen molar-refractivity contribution in [1.29, 1.82) is 0 Å². The van der Waals surface area contributed by atoms with Gasteiger partial charge in [0.1, 0.15) is 5.75 Å². The molecule has 1 aliphatic carbocycles. The van der Waals surface area contributed by atoms with Crippen molar-refractivity contribution in [3.63, 3.8) is 0 Å². The lowest BCUT2D eigenvalue weighted by Crippen LogP contribution is -2.21. The molecule has 0 spiro atoms. The van der Waals surface area contributed by atoms with Crippen LogP contribution in [0.15, 0.2) is 36.4 Å². The molecule has 2 aromatic carbocycles. The molecule has 0 saturated heterocycles. The van der Waals surface area contributed by atoms with Crippen LogP contribution in [-0.2, 0) is 17.6 Å². The Bertz CT molecular complexity index is 701. The van der Waals surface area contributed by atoms with Crippen LogP contribution in [0.1, 0.15) is 35.1 Å². The van der Waals surface area contributed by atoms with E-state index in [1.54, 1.807) is 0 Å². The molecule has 3 nitrogen and oxygen atoms in total. The minimum Gasteiger partial charge on any atom is -0.484 e. The number of anilines is 1. The first-order valence-corrected chi connectivity index (χ1v) is 8.24. The normalized spacial score (nSPS) is 13.3. The van der Waals surface area contributed by atoms with E-state index in [1.807, 2.05) is 38.1 Å². The molecule has 23 heavy (non-hydrogen) atoms. The quantitative estimate of drug-likeness (QED) is 0.919. The molecule has 1 amide bonds. The molecule has 0 saturated carbocycles. The largest absolute Gasteiger partial charge is 0.484 e. The Morgan fingerprint density at radius 3 is 2.48 bits per heavy atom. The molecule has 0 radical (unpaired) electrons. The zero-order valence-electron chi connectivity index (χ0n) is 13.8. The van der Waals surface area contributed by atoms with Gasteiger partial charge in [-0.1, -0.05) is 24.3 Å². The van der Waals surface area contributed by atoms with E-state index in [0.29, 0.717) is 0 Å². The van der Waals surface area contributed by atoms with Crippen molar-refractivity contribution >= 4 is 11.6 Å². The van der Waals surface area contributed by atoms with E-state index in [1.165, 1.54) is 24.0 Å². The Hall–Kier alpha value is -2.29. The minimum absolute atomic E-state index is 0.0343. The number of nitrogens with one attached hydrogen (secondary N) is 1. The van der Waals surface area contributed by atoms with E-state index in [-0.39, 0.29) is 12.5 Å². The zero-order chi connectivity index (χ0) is 16.2. The second-order valence-corrected chi connectivity index (χ2v) is 6.24. The fourth-order valence-corrected chi connectivity index (χ4v) is 3.14. The molecule has 0 aromatic heterocycles. The maximum Gasteiger partial charge on any atom is 0.262 e. The highest BCUT2D eigenvalue weighted by molar-refractivity contribution is 5.93. The number of aryl methyl sites for hydroxylation is 4. The monoisotopic (exact) mass is 309 g/mol. The topological polar surface area (TPSA) is 38.3 Å². The van der Waals surface area contributed by atoms with Crippen LogP contribution in [-0.4, -0.2) is 12.5 Å². The molecule has 0 atom stereocenters. The number of fused-ring (bicyclic) bond motifs is 1. The van der Waals surface area contributed by atoms with Crippen LogP contribution in [0.3, 0.4) is 0 Å². The lowest BCUT2D eigenvalue weighted by atomic mass is 9.92. The number of carbonyl (C=O) groups is 1. The summed E-state index contributed by atoms with van der Waals surface area (Å²) in [5, 5.41) is 2.95. The summed E-state index contributed by atoms with van der Waals surface area (Å²) in [6, 6.07) is 12.2. The first kappa shape index (κ1) is 15.6. The van der Waals surface area contributed by atoms with Gasteiger partial charge in [0.15, 0.2) is 6.61 Å². The van der Waals surface area contributed by atoms with Gasteiger partial charge in [-0.2, -0.15) is 0 Å². The van der Waals surface area contributed by atoms with Gasteiger partial charge in [-0.05, 0) is 73.9 Å². The highest BCUT2D eigenvalue weighted by Gasteiger charge is 2.11. The first-order chi connectivity index (χ1) is 11.1. The Balaban J connectivity index is 1.61. The summed E-state index contributed by atoms with van der Waals surface area (Å²) in [5.41, 5.74) is 5.79. The number of carbonyl (C=O) groups excluding carboxylic acids is 1. The Morgan fingerprint density at radius 1 is 1.04 bits per heavy atom. The third kappa shape index (κ3) is 3.73. The van der Waals surface area contributed by atoms with Gasteiger partial charge in [-0.15, -0.1) is 0 Å². The number of hydrogen-bond donors (Lipinski definition) is 1. The van der Waals surface area contributed by atoms with Crippen molar-refractivity contribution in [2.75, 3.05) is 11.9 Å². The Labute approximate surface area is 137 Å². The summed E-state index contributed by atoms with van der Waals surface area (Å²) in [5.74, 6) is 0.655. The van der Waals surface area contributed by atoms with E-state index in [2.05, 4.69) is 17.4 Å². The fourth-order valence-electron chi connectivity index (χ4n) is 3.14. The Kier molecular flexibility index (Phi) is 4.65. The molecule has 0 bridgehead atoms. The Morgan fingerprint density at radius 2 is 1.74 bits per heavy atom. The predicted octanol–water partition coefficient (Wildman–Crippen LogP) is 4.20. The molecule has 3 rings (SSSR count). The minimum atomic E-state index is -0.125. The van der Waals surface area contributed by atoms with Crippen LogP contribution in [0.25, 0.3) is 0 Å². The van der Waals surface area contributed by atoms with Gasteiger partial charge in [-0.3, -0.25) is 4.79 Å². The summed E-state index contributed by atoms with van der Waals surface area (Å²) in [7, 11) is 0. The average Bonchev–Trinajstić information content (AvgIpc) is 2.56. The number of ether oxygens (including phenoxy) is 1. The summed E-state index contributed by atoms with van der Waals surface area (Å²) < 4.78 is 5.67. The molecule has 0 aliphatic heterocycles. The first-order valence-electron chi connectivity index (χ1n) is 8.24. The fraction of sp³-hybridized carbons (Fsp3) is 0.350. The second-order valence-electron chi connectivity index (χ2n) is 6.24. The van der Waals surface area contributed by atoms with Crippen LogP contribution in [0, 0.1) is 13.8 Å². The molecule has 3 heteroatoms. The lowest BCUT2D eigenvalue weighted by molar-refractivity contribution is -0.118. The summed E-state index contributed by atoms with van der Waals surface area (Å²) in [6.07, 6.45) is 4.78. The van der Waals surface area contributed by atoms with Gasteiger partial charge in [0.25, 0.3) is 5.91 Å². The smallest absolute Gasteiger partial charge is 0.262 e. The van der Waals surface area contributed by atoms with Gasteiger partial charge in [0.2, 0.25) is 0 Å². The number of rotatable bonds is 4. The molecule has 1 aliphatic rings. The van der Waals surface area contributed by atoms with Gasteiger partial charge in [-0.25, -0.2) is 0 Å². The SMILES string of the molecule is Cc1cccc(C)c1NC(=O)COc1ccc2c(c1)CCCC2. The van der Waals surface area contributed by atoms with Gasteiger partial charge in [0, 0.05) is 5.69 Å². The van der Waals surface area contributed by atoms with Crippen molar-refractivity contribution in [1.82, 2.24) is 0 Å². The molecule has 0 unspecified atom stereocenters. The maximum absolute atomic E-state index is 12.1. The van der Waals surface area contributed by atoms with E-state index in [4.69, 9.17) is 4.74 Å². The maximum atomic E-state index is 12.1. The van der Waals surface area contributed by atoms with Crippen molar-refractivity contribution < 1.29 is 9.53 Å². The molecular weight excluding hydrogens is 286 g/mol. The molecule has 1 N–H and O–H groups in total. The van der Waals surface area contributed by atoms with Crippen molar-refractivity contribution in [2.45, 2.75) is 39.5 Å². The summed E-state index contributed by atoms with van der Waals surface area (Å²) >= 11 is 0. The van der Waals surface area contributed by atoms with Crippen LogP contribution in [0.2, 0.25) is 0 Å². The number of para-hydroxylation sites is 1. The lowest BCUT2D eigenvalue weighted by Gasteiger charge is -2.17. The van der Waals surface area contributed by atoms with E-state index in [9.17, 15) is 4.79 Å². The van der Waals surface area contributed by atoms with E-state index < -0.39 is 0 Å². The van der Waals surface area contributed by atoms with E-state index in [0.717, 1.165) is 35.4 Å². The molecular formula is C20H23NO2. The average molecular weight is 309 g/mol. The number of hydrogen-bond acceptors (Lipinski definition) is 2. The zero-order valence-corrected chi connectivity index (χ0v) is 13.8. The molecule has 120 valence electrons. The molecule has 0 heterocycles. The van der Waals surface area contributed by atoms with Gasteiger partial charge in [0.05, 0.1) is 0 Å². The third-order valence-electron chi connectivity index (χ3n) is 4.44. The van der Waals surface area contributed by atoms with Crippen LogP contribution >= 0.6 is 0 Å².